The van der Waals surface area contributed by atoms with Crippen molar-refractivity contribution in [2.24, 2.45) is 0 Å². The molecule has 5 rings (SSSR count). The number of nitrogens with zero attached hydrogens (tertiary/aromatic N) is 4. The number of aromatic hydroxyl groups is 1. The molecule has 0 saturated carbocycles. The van der Waals surface area contributed by atoms with Crippen LogP contribution in [0.15, 0.2) is 36.5 Å². The van der Waals surface area contributed by atoms with Crippen LogP contribution in [0.1, 0.15) is 41.7 Å². The van der Waals surface area contributed by atoms with Crippen LogP contribution in [0.3, 0.4) is 0 Å². The number of hydrogen-bond donors (Lipinski definition) is 4. The Hall–Kier alpha value is -3.48. The molecule has 2 amide bonds. The summed E-state index contributed by atoms with van der Waals surface area (Å²) in [6.07, 6.45) is 3.87. The Bertz CT molecular complexity index is 1350. The van der Waals surface area contributed by atoms with E-state index in [2.05, 4.69) is 15.3 Å². The lowest BCUT2D eigenvalue weighted by Crippen LogP contribution is -2.35. The van der Waals surface area contributed by atoms with Gasteiger partial charge in [-0.05, 0) is 49.1 Å². The number of amides is 2. The van der Waals surface area contributed by atoms with Gasteiger partial charge in [0, 0.05) is 37.6 Å². The van der Waals surface area contributed by atoms with Crippen molar-refractivity contribution in [1.82, 2.24) is 15.3 Å². The minimum Gasteiger partial charge on any atom is -0.504 e. The van der Waals surface area contributed by atoms with E-state index in [9.17, 15) is 28.2 Å². The van der Waals surface area contributed by atoms with Crippen molar-refractivity contribution in [3.8, 4) is 5.75 Å². The molecule has 0 unspecified atom stereocenters. The van der Waals surface area contributed by atoms with Crippen molar-refractivity contribution in [1.29, 1.82) is 0 Å². The Morgan fingerprint density at radius 2 is 2.00 bits per heavy atom. The van der Waals surface area contributed by atoms with Crippen LogP contribution in [-0.4, -0.2) is 54.8 Å². The van der Waals surface area contributed by atoms with Gasteiger partial charge in [-0.25, -0.2) is 9.37 Å². The topological polar surface area (TPSA) is 139 Å². The maximum atomic E-state index is 14.0. The summed E-state index contributed by atoms with van der Waals surface area (Å²) in [5.74, 6) is -1.43. The van der Waals surface area contributed by atoms with Crippen molar-refractivity contribution in [2.75, 3.05) is 28.0 Å². The molecule has 2 aliphatic rings. The summed E-state index contributed by atoms with van der Waals surface area (Å²) >= 11 is 0. The van der Waals surface area contributed by atoms with Crippen LogP contribution in [0.4, 0.5) is 15.9 Å². The van der Waals surface area contributed by atoms with Crippen molar-refractivity contribution in [3.63, 3.8) is 0 Å². The fourth-order valence-corrected chi connectivity index (χ4v) is 6.26. The minimum atomic E-state index is -3.15. The molecule has 0 aliphatic carbocycles. The highest BCUT2D eigenvalue weighted by Gasteiger charge is 2.32. The Labute approximate surface area is 208 Å². The Balaban J connectivity index is 1.48. The molecule has 2 aromatic heterocycles. The summed E-state index contributed by atoms with van der Waals surface area (Å²) in [5.41, 5.74) is 0.707. The number of nitrogens with one attached hydrogen (secondary N) is 1. The highest BCUT2D eigenvalue weighted by Crippen LogP contribution is 2.51. The number of hydrogen-bond acceptors (Lipinski definition) is 8. The monoisotopic (exact) mass is 515 g/mol. The molecule has 190 valence electrons. The van der Waals surface area contributed by atoms with Gasteiger partial charge >= 0.3 is 0 Å². The largest absolute Gasteiger partial charge is 0.504 e. The van der Waals surface area contributed by atoms with Crippen LogP contribution in [0, 0.1) is 5.82 Å². The molecule has 1 aromatic carbocycles. The number of halogens is 1. The van der Waals surface area contributed by atoms with E-state index < -0.39 is 28.2 Å². The fraction of sp³-hybridized carbons (Fsp3) is 0.333. The zero-order chi connectivity index (χ0) is 25.4. The smallest absolute Gasteiger partial charge is 0.274 e. The molecule has 4 N–H and O–H groups in total. The number of pyridine rings is 2. The fourth-order valence-electron chi connectivity index (χ4n) is 4.61. The maximum Gasteiger partial charge on any atom is 0.274 e. The Morgan fingerprint density at radius 3 is 2.75 bits per heavy atom. The zero-order valence-electron chi connectivity index (χ0n) is 19.4. The van der Waals surface area contributed by atoms with Crippen LogP contribution >= 0.6 is 10.8 Å². The molecule has 10 nitrogen and oxygen atoms in total. The number of rotatable bonds is 5. The van der Waals surface area contributed by atoms with E-state index >= 15 is 0 Å². The first-order chi connectivity index (χ1) is 17.3. The van der Waals surface area contributed by atoms with Gasteiger partial charge in [0.25, 0.3) is 5.91 Å². The average Bonchev–Trinajstić information content (AvgIpc) is 3.29. The second-order valence-corrected chi connectivity index (χ2v) is 10.9. The van der Waals surface area contributed by atoms with E-state index in [1.807, 2.05) is 0 Å². The van der Waals surface area contributed by atoms with Crippen molar-refractivity contribution >= 4 is 45.0 Å². The summed E-state index contributed by atoms with van der Waals surface area (Å²) in [6, 6.07) is 7.30. The third-order valence-electron chi connectivity index (χ3n) is 6.40. The van der Waals surface area contributed by atoms with Crippen LogP contribution in [0.2, 0.25) is 0 Å². The van der Waals surface area contributed by atoms with Crippen LogP contribution in [0.5, 0.6) is 5.75 Å². The van der Waals surface area contributed by atoms with E-state index in [0.29, 0.717) is 55.4 Å². The quantitative estimate of drug-likeness (QED) is 0.402. The van der Waals surface area contributed by atoms with E-state index in [4.69, 9.17) is 0 Å². The van der Waals surface area contributed by atoms with Crippen molar-refractivity contribution < 1.29 is 28.2 Å². The van der Waals surface area contributed by atoms with E-state index in [0.717, 1.165) is 0 Å². The second kappa shape index (κ2) is 9.52. The molecule has 2 saturated heterocycles. The molecule has 2 fully saturated rings. The summed E-state index contributed by atoms with van der Waals surface area (Å²) in [5, 5.41) is 13.9. The molecule has 12 heteroatoms. The molecule has 0 spiro atoms. The summed E-state index contributed by atoms with van der Waals surface area (Å²) < 4.78 is 36.6. The van der Waals surface area contributed by atoms with Crippen LogP contribution < -0.4 is 14.5 Å². The van der Waals surface area contributed by atoms with Gasteiger partial charge in [0.15, 0.2) is 17.3 Å². The number of fused-ring (bicyclic) bond motifs is 1. The Morgan fingerprint density at radius 1 is 1.17 bits per heavy atom. The standard InChI is InChI=1S/C24H26FN5O5S/c25-16-8-7-15(18(13-16)29-10-4-6-19(29)31)14-27-24(33)21-22(32)20-17(5-3-9-26-20)23(28-21)30-11-1-2-12-36(30,34)35/h3,5,7-9,13,32,34-35H,1-2,4,6,10-12,14H2,(H,27,33). The lowest BCUT2D eigenvalue weighted by Gasteiger charge is -2.47. The van der Waals surface area contributed by atoms with Gasteiger partial charge in [0.2, 0.25) is 5.91 Å². The first kappa shape index (κ1) is 24.2. The molecule has 2 aliphatic heterocycles. The maximum absolute atomic E-state index is 14.0. The molecule has 4 heterocycles. The molecular weight excluding hydrogens is 489 g/mol. The molecular formula is C24H26FN5O5S. The van der Waals surface area contributed by atoms with E-state index in [1.54, 1.807) is 12.1 Å². The minimum absolute atomic E-state index is 0.0478. The van der Waals surface area contributed by atoms with E-state index in [1.165, 1.54) is 33.6 Å². The normalized spacial score (nSPS) is 18.5. The van der Waals surface area contributed by atoms with Gasteiger partial charge in [-0.15, -0.1) is 10.8 Å². The lowest BCUT2D eigenvalue weighted by molar-refractivity contribution is -0.117. The van der Waals surface area contributed by atoms with Crippen LogP contribution in [0.25, 0.3) is 10.9 Å². The molecule has 3 aromatic rings. The van der Waals surface area contributed by atoms with Gasteiger partial charge in [0.05, 0.1) is 11.4 Å². The molecule has 36 heavy (non-hydrogen) atoms. The molecule has 0 atom stereocenters. The number of benzene rings is 1. The predicted octanol–water partition coefficient (Wildman–Crippen LogP) is 3.80. The van der Waals surface area contributed by atoms with Gasteiger partial charge in [0.1, 0.15) is 11.3 Å². The number of aromatic nitrogens is 2. The zero-order valence-corrected chi connectivity index (χ0v) is 20.2. The van der Waals surface area contributed by atoms with Gasteiger partial charge in [-0.1, -0.05) is 6.07 Å². The predicted molar refractivity (Wildman–Crippen MR) is 135 cm³/mol. The second-order valence-electron chi connectivity index (χ2n) is 8.78. The third-order valence-corrected chi connectivity index (χ3v) is 8.30. The Kier molecular flexibility index (Phi) is 6.41. The van der Waals surface area contributed by atoms with Gasteiger partial charge in [-0.3, -0.25) is 28.0 Å². The highest BCUT2D eigenvalue weighted by atomic mass is 32.3. The summed E-state index contributed by atoms with van der Waals surface area (Å²) in [6.45, 7) is 0.745. The lowest BCUT2D eigenvalue weighted by atomic mass is 10.1. The number of anilines is 2. The summed E-state index contributed by atoms with van der Waals surface area (Å²) in [7, 11) is -3.15. The first-order valence-electron chi connectivity index (χ1n) is 11.6. The number of carbonyl (C=O) groups is 2. The first-order valence-corrected chi connectivity index (χ1v) is 13.3. The van der Waals surface area contributed by atoms with Gasteiger partial charge in [-0.2, -0.15) is 0 Å². The van der Waals surface area contributed by atoms with Crippen molar-refractivity contribution in [3.05, 3.63) is 53.6 Å². The third kappa shape index (κ3) is 4.43. The summed E-state index contributed by atoms with van der Waals surface area (Å²) in [4.78, 5) is 35.5. The SMILES string of the molecule is O=C(NCc1ccc(F)cc1N1CCCC1=O)c1nc(N2CCCCS2(O)O)c2cccnc2c1O. The molecule has 0 bridgehead atoms. The molecule has 0 radical (unpaired) electrons. The van der Waals surface area contributed by atoms with Crippen molar-refractivity contribution in [2.45, 2.75) is 32.2 Å². The van der Waals surface area contributed by atoms with Gasteiger partial charge < -0.3 is 15.3 Å². The van der Waals surface area contributed by atoms with E-state index in [-0.39, 0.29) is 35.2 Å². The van der Waals surface area contributed by atoms with Crippen LogP contribution in [-0.2, 0) is 11.3 Å². The highest BCUT2D eigenvalue weighted by molar-refractivity contribution is 8.25. The number of carbonyl (C=O) groups excluding carboxylic acids is 2. The average molecular weight is 516 g/mol.